The Morgan fingerprint density at radius 2 is 2.00 bits per heavy atom. The van der Waals surface area contributed by atoms with Gasteiger partial charge in [-0.1, -0.05) is 12.1 Å². The number of carbonyl (C=O) groups is 1. The standard InChI is InChI=1S/C13H15FO3/c1-3-17-13(15)11(9-14)8-10-4-6-12(16-2)7-5-10/h4-7,9H,3,8H2,1-2H3. The van der Waals surface area contributed by atoms with E-state index >= 15 is 0 Å². The number of carbonyl (C=O) groups excluding carboxylic acids is 1. The van der Waals surface area contributed by atoms with Gasteiger partial charge in [-0.2, -0.15) is 0 Å². The lowest BCUT2D eigenvalue weighted by Crippen LogP contribution is -2.09. The summed E-state index contributed by atoms with van der Waals surface area (Å²) in [5.74, 6) is 0.0986. The lowest BCUT2D eigenvalue weighted by atomic mass is 10.1. The van der Waals surface area contributed by atoms with Crippen LogP contribution in [0.1, 0.15) is 12.5 Å². The summed E-state index contributed by atoms with van der Waals surface area (Å²) in [5.41, 5.74) is 0.833. The average molecular weight is 238 g/mol. The molecule has 0 aliphatic heterocycles. The molecule has 0 fully saturated rings. The van der Waals surface area contributed by atoms with Gasteiger partial charge in [0.25, 0.3) is 0 Å². The Labute approximate surface area is 99.9 Å². The molecule has 0 N–H and O–H groups in total. The minimum atomic E-state index is -0.620. The molecule has 0 aromatic heterocycles. The molecule has 0 amide bonds. The Morgan fingerprint density at radius 1 is 1.35 bits per heavy atom. The third kappa shape index (κ3) is 3.90. The summed E-state index contributed by atoms with van der Waals surface area (Å²) < 4.78 is 22.3. The summed E-state index contributed by atoms with van der Waals surface area (Å²) >= 11 is 0. The summed E-state index contributed by atoms with van der Waals surface area (Å²) in [5, 5.41) is 0. The van der Waals surface area contributed by atoms with E-state index in [4.69, 9.17) is 9.47 Å². The minimum Gasteiger partial charge on any atom is -0.497 e. The third-order valence-corrected chi connectivity index (χ3v) is 2.22. The first-order chi connectivity index (χ1) is 8.21. The van der Waals surface area contributed by atoms with E-state index in [1.165, 1.54) is 0 Å². The predicted octanol–water partition coefficient (Wildman–Crippen LogP) is 2.65. The number of benzene rings is 1. The number of esters is 1. The Hall–Kier alpha value is -1.84. The van der Waals surface area contributed by atoms with Gasteiger partial charge >= 0.3 is 5.97 Å². The molecule has 3 nitrogen and oxygen atoms in total. The van der Waals surface area contributed by atoms with Crippen molar-refractivity contribution in [3.63, 3.8) is 0 Å². The summed E-state index contributed by atoms with van der Waals surface area (Å²) in [6.07, 6.45) is 0.502. The molecule has 0 saturated carbocycles. The van der Waals surface area contributed by atoms with Crippen LogP contribution in [-0.4, -0.2) is 19.7 Å². The van der Waals surface area contributed by atoms with Gasteiger partial charge in [-0.25, -0.2) is 9.18 Å². The smallest absolute Gasteiger partial charge is 0.336 e. The van der Waals surface area contributed by atoms with Crippen molar-refractivity contribution in [3.05, 3.63) is 41.7 Å². The van der Waals surface area contributed by atoms with Gasteiger partial charge in [0.2, 0.25) is 0 Å². The van der Waals surface area contributed by atoms with Crippen molar-refractivity contribution in [1.29, 1.82) is 0 Å². The number of hydrogen-bond acceptors (Lipinski definition) is 3. The Kier molecular flexibility index (Phi) is 5.20. The molecule has 0 heterocycles. The molecule has 0 unspecified atom stereocenters. The highest BCUT2D eigenvalue weighted by Gasteiger charge is 2.11. The van der Waals surface area contributed by atoms with Gasteiger partial charge in [0.05, 0.1) is 25.6 Å². The van der Waals surface area contributed by atoms with Crippen LogP contribution in [-0.2, 0) is 16.0 Å². The van der Waals surface area contributed by atoms with Crippen molar-refractivity contribution < 1.29 is 18.7 Å². The fourth-order valence-electron chi connectivity index (χ4n) is 1.34. The van der Waals surface area contributed by atoms with Crippen LogP contribution in [0.3, 0.4) is 0 Å². The average Bonchev–Trinajstić information content (AvgIpc) is 2.37. The van der Waals surface area contributed by atoms with Gasteiger partial charge in [0.15, 0.2) is 0 Å². The van der Waals surface area contributed by atoms with E-state index in [9.17, 15) is 9.18 Å². The van der Waals surface area contributed by atoms with E-state index in [0.717, 1.165) is 11.3 Å². The SMILES string of the molecule is CCOC(=O)C(=CF)Cc1ccc(OC)cc1. The molecule has 0 saturated heterocycles. The van der Waals surface area contributed by atoms with Gasteiger partial charge in [-0.15, -0.1) is 0 Å². The molecule has 0 atom stereocenters. The lowest BCUT2D eigenvalue weighted by Gasteiger charge is -2.06. The summed E-state index contributed by atoms with van der Waals surface area (Å²) in [4.78, 5) is 11.3. The maximum Gasteiger partial charge on any atom is 0.336 e. The molecule has 1 aromatic rings. The minimum absolute atomic E-state index is 0.0111. The molecule has 4 heteroatoms. The highest BCUT2D eigenvalue weighted by Crippen LogP contribution is 2.15. The van der Waals surface area contributed by atoms with Crippen LogP contribution >= 0.6 is 0 Å². The molecule has 1 aromatic carbocycles. The van der Waals surface area contributed by atoms with Crippen molar-refractivity contribution in [3.8, 4) is 5.75 Å². The van der Waals surface area contributed by atoms with E-state index in [1.54, 1.807) is 38.3 Å². The number of ether oxygens (including phenoxy) is 2. The van der Waals surface area contributed by atoms with Crippen molar-refractivity contribution in [2.24, 2.45) is 0 Å². The molecule has 0 aliphatic carbocycles. The quantitative estimate of drug-likeness (QED) is 0.584. The second-order valence-electron chi connectivity index (χ2n) is 3.38. The highest BCUT2D eigenvalue weighted by molar-refractivity contribution is 5.88. The highest BCUT2D eigenvalue weighted by atomic mass is 19.1. The van der Waals surface area contributed by atoms with Crippen LogP contribution in [0.25, 0.3) is 0 Å². The first-order valence-electron chi connectivity index (χ1n) is 5.30. The first-order valence-corrected chi connectivity index (χ1v) is 5.30. The number of methoxy groups -OCH3 is 1. The van der Waals surface area contributed by atoms with E-state index in [1.807, 2.05) is 0 Å². The summed E-state index contributed by atoms with van der Waals surface area (Å²) in [7, 11) is 1.57. The van der Waals surface area contributed by atoms with Crippen LogP contribution in [0.5, 0.6) is 5.75 Å². The molecular formula is C13H15FO3. The van der Waals surface area contributed by atoms with E-state index in [-0.39, 0.29) is 18.6 Å². The van der Waals surface area contributed by atoms with Crippen LogP contribution in [0, 0.1) is 0 Å². The molecule has 92 valence electrons. The van der Waals surface area contributed by atoms with Gasteiger partial charge in [-0.3, -0.25) is 0 Å². The molecular weight excluding hydrogens is 223 g/mol. The zero-order valence-electron chi connectivity index (χ0n) is 9.90. The molecule has 0 bridgehead atoms. The predicted molar refractivity (Wildman–Crippen MR) is 62.5 cm³/mol. The Morgan fingerprint density at radius 3 is 2.47 bits per heavy atom. The first kappa shape index (κ1) is 13.2. The fraction of sp³-hybridized carbons (Fsp3) is 0.308. The second kappa shape index (κ2) is 6.68. The zero-order chi connectivity index (χ0) is 12.7. The largest absolute Gasteiger partial charge is 0.497 e. The van der Waals surface area contributed by atoms with Crippen molar-refractivity contribution in [1.82, 2.24) is 0 Å². The maximum atomic E-state index is 12.6. The summed E-state index contributed by atoms with van der Waals surface area (Å²) in [6.45, 7) is 1.92. The molecule has 17 heavy (non-hydrogen) atoms. The van der Waals surface area contributed by atoms with Crippen LogP contribution in [0.4, 0.5) is 4.39 Å². The number of rotatable bonds is 5. The van der Waals surface area contributed by atoms with Crippen molar-refractivity contribution in [2.75, 3.05) is 13.7 Å². The molecule has 0 spiro atoms. The molecule has 1 rings (SSSR count). The molecule has 0 aliphatic rings. The van der Waals surface area contributed by atoms with E-state index < -0.39 is 5.97 Å². The van der Waals surface area contributed by atoms with Gasteiger partial charge < -0.3 is 9.47 Å². The number of halogens is 1. The normalized spacial score (nSPS) is 11.1. The van der Waals surface area contributed by atoms with E-state index in [2.05, 4.69) is 0 Å². The van der Waals surface area contributed by atoms with Crippen molar-refractivity contribution in [2.45, 2.75) is 13.3 Å². The number of hydrogen-bond donors (Lipinski definition) is 0. The topological polar surface area (TPSA) is 35.5 Å². The second-order valence-corrected chi connectivity index (χ2v) is 3.38. The third-order valence-electron chi connectivity index (χ3n) is 2.22. The van der Waals surface area contributed by atoms with Gasteiger partial charge in [0, 0.05) is 6.42 Å². The van der Waals surface area contributed by atoms with Crippen LogP contribution in [0.2, 0.25) is 0 Å². The van der Waals surface area contributed by atoms with E-state index in [0.29, 0.717) is 6.33 Å². The Bertz CT molecular complexity index is 396. The van der Waals surface area contributed by atoms with Crippen LogP contribution in [0.15, 0.2) is 36.2 Å². The molecule has 0 radical (unpaired) electrons. The lowest BCUT2D eigenvalue weighted by molar-refractivity contribution is -0.138. The van der Waals surface area contributed by atoms with Crippen molar-refractivity contribution >= 4 is 5.97 Å². The summed E-state index contributed by atoms with van der Waals surface area (Å²) in [6, 6.07) is 7.08. The zero-order valence-corrected chi connectivity index (χ0v) is 9.90. The van der Waals surface area contributed by atoms with Crippen LogP contribution < -0.4 is 4.74 Å². The monoisotopic (exact) mass is 238 g/mol. The fourth-order valence-corrected chi connectivity index (χ4v) is 1.34. The Balaban J connectivity index is 2.71. The van der Waals surface area contributed by atoms with Gasteiger partial charge in [0.1, 0.15) is 5.75 Å². The maximum absolute atomic E-state index is 12.6. The van der Waals surface area contributed by atoms with Gasteiger partial charge in [-0.05, 0) is 24.6 Å².